The van der Waals surface area contributed by atoms with Gasteiger partial charge in [0.15, 0.2) is 0 Å². The maximum atomic E-state index is 10.6. The molecule has 0 aliphatic heterocycles. The van der Waals surface area contributed by atoms with Gasteiger partial charge in [-0.05, 0) is 6.42 Å². The minimum absolute atomic E-state index is 0.192. The molecule has 0 aliphatic carbocycles. The third kappa shape index (κ3) is 4.46. The van der Waals surface area contributed by atoms with Gasteiger partial charge in [-0.15, -0.1) is 0 Å². The highest BCUT2D eigenvalue weighted by molar-refractivity contribution is 7.52. The molecule has 12 heavy (non-hydrogen) atoms. The number of carbonyl (C=O) groups is 1. The van der Waals surface area contributed by atoms with Crippen molar-refractivity contribution in [2.45, 2.75) is 19.1 Å². The van der Waals surface area contributed by atoms with Gasteiger partial charge in [0.25, 0.3) is 0 Å². The number of carboxylic acids is 1. The molecule has 0 bridgehead atoms. The summed E-state index contributed by atoms with van der Waals surface area (Å²) < 4.78 is 10.6. The first-order valence-corrected chi connectivity index (χ1v) is 5.06. The van der Waals surface area contributed by atoms with E-state index >= 15 is 0 Å². The number of hydrogen-bond acceptors (Lipinski definition) is 3. The Kier molecular flexibility index (Phi) is 4.41. The summed E-state index contributed by atoms with van der Waals surface area (Å²) in [4.78, 5) is 27.3. The number of aliphatic carboxylic acids is 1. The monoisotopic (exact) mass is 197 g/mol. The molecule has 0 saturated carbocycles. The molecule has 0 saturated heterocycles. The topological polar surface area (TPSA) is 107 Å². The highest BCUT2D eigenvalue weighted by Crippen LogP contribution is 2.40. The molecule has 0 aromatic heterocycles. The average molecular weight is 197 g/mol. The first kappa shape index (κ1) is 11.6. The van der Waals surface area contributed by atoms with E-state index in [2.05, 4.69) is 5.32 Å². The van der Waals surface area contributed by atoms with Crippen LogP contribution in [0.25, 0.3) is 0 Å². The predicted molar refractivity (Wildman–Crippen MR) is 41.8 cm³/mol. The largest absolute Gasteiger partial charge is 0.480 e. The molecule has 1 unspecified atom stereocenters. The molecule has 6 nitrogen and oxygen atoms in total. The standard InChI is InChI=1S/C5H12NO5P/c1-2-4(12(9,10)11)6-3-5(7)8/h4,6H,2-3H2,1H3,(H,7,8)(H2,9,10,11). The molecular formula is C5H12NO5P. The molecule has 1 atom stereocenters. The first-order valence-electron chi connectivity index (χ1n) is 3.38. The van der Waals surface area contributed by atoms with Crippen molar-refractivity contribution in [2.24, 2.45) is 0 Å². The molecular weight excluding hydrogens is 185 g/mol. The summed E-state index contributed by atoms with van der Waals surface area (Å²) >= 11 is 0. The zero-order chi connectivity index (χ0) is 9.78. The van der Waals surface area contributed by atoms with E-state index in [1.165, 1.54) is 0 Å². The van der Waals surface area contributed by atoms with Crippen LogP contribution in [0.4, 0.5) is 0 Å². The van der Waals surface area contributed by atoms with Crippen molar-refractivity contribution >= 4 is 13.6 Å². The second-order valence-corrected chi connectivity index (χ2v) is 4.09. The van der Waals surface area contributed by atoms with Crippen LogP contribution in [0.5, 0.6) is 0 Å². The normalized spacial score (nSPS) is 14.2. The minimum atomic E-state index is -4.21. The molecule has 72 valence electrons. The van der Waals surface area contributed by atoms with Crippen molar-refractivity contribution in [2.75, 3.05) is 6.54 Å². The minimum Gasteiger partial charge on any atom is -0.480 e. The van der Waals surface area contributed by atoms with Gasteiger partial charge in [-0.2, -0.15) is 0 Å². The SMILES string of the molecule is CCC(NCC(=O)O)P(=O)(O)O. The van der Waals surface area contributed by atoms with Gasteiger partial charge < -0.3 is 14.9 Å². The van der Waals surface area contributed by atoms with Gasteiger partial charge in [0.2, 0.25) is 0 Å². The first-order chi connectivity index (χ1) is 5.38. The number of nitrogens with one attached hydrogen (secondary N) is 1. The zero-order valence-corrected chi connectivity index (χ0v) is 7.49. The van der Waals surface area contributed by atoms with E-state index in [0.29, 0.717) is 0 Å². The van der Waals surface area contributed by atoms with Gasteiger partial charge >= 0.3 is 13.6 Å². The van der Waals surface area contributed by atoms with Crippen LogP contribution in [0.2, 0.25) is 0 Å². The molecule has 4 N–H and O–H groups in total. The maximum absolute atomic E-state index is 10.6. The van der Waals surface area contributed by atoms with Crippen LogP contribution >= 0.6 is 7.60 Å². The van der Waals surface area contributed by atoms with Crippen molar-refractivity contribution in [3.63, 3.8) is 0 Å². The van der Waals surface area contributed by atoms with Gasteiger partial charge in [-0.25, -0.2) is 0 Å². The molecule has 0 aromatic carbocycles. The third-order valence-electron chi connectivity index (χ3n) is 1.28. The molecule has 0 fully saturated rings. The molecule has 0 aliphatic rings. The van der Waals surface area contributed by atoms with Gasteiger partial charge in [0, 0.05) is 0 Å². The van der Waals surface area contributed by atoms with Gasteiger partial charge in [0.1, 0.15) is 5.78 Å². The fraction of sp³-hybridized carbons (Fsp3) is 0.800. The molecule has 7 heteroatoms. The zero-order valence-electron chi connectivity index (χ0n) is 6.60. The highest BCUT2D eigenvalue weighted by atomic mass is 31.2. The van der Waals surface area contributed by atoms with E-state index < -0.39 is 25.9 Å². The molecule has 0 radical (unpaired) electrons. The van der Waals surface area contributed by atoms with E-state index in [4.69, 9.17) is 14.9 Å². The summed E-state index contributed by atoms with van der Waals surface area (Å²) in [5.74, 6) is -2.20. The fourth-order valence-corrected chi connectivity index (χ4v) is 1.51. The lowest BCUT2D eigenvalue weighted by Crippen LogP contribution is -2.32. The Hall–Kier alpha value is -0.420. The Morgan fingerprint density at radius 2 is 2.08 bits per heavy atom. The van der Waals surface area contributed by atoms with Crippen LogP contribution in [0, 0.1) is 0 Å². The summed E-state index contributed by atoms with van der Waals surface area (Å²) in [5.41, 5.74) is 0. The average Bonchev–Trinajstić information content (AvgIpc) is 1.85. The van der Waals surface area contributed by atoms with Crippen LogP contribution in [0.1, 0.15) is 13.3 Å². The van der Waals surface area contributed by atoms with Crippen molar-refractivity contribution in [1.29, 1.82) is 0 Å². The molecule has 0 heterocycles. The number of hydrogen-bond donors (Lipinski definition) is 4. The second kappa shape index (κ2) is 4.57. The van der Waals surface area contributed by atoms with Crippen molar-refractivity contribution < 1.29 is 24.3 Å². The predicted octanol–water partition coefficient (Wildman–Crippen LogP) is -0.426. The van der Waals surface area contributed by atoms with Gasteiger partial charge in [-0.1, -0.05) is 6.92 Å². The van der Waals surface area contributed by atoms with Crippen LogP contribution in [0.15, 0.2) is 0 Å². The summed E-state index contributed by atoms with van der Waals surface area (Å²) in [6, 6.07) is 0. The fourth-order valence-electron chi connectivity index (χ4n) is 0.706. The number of rotatable bonds is 5. The smallest absolute Gasteiger partial charge is 0.342 e. The van der Waals surface area contributed by atoms with Crippen molar-refractivity contribution in [1.82, 2.24) is 5.32 Å². The highest BCUT2D eigenvalue weighted by Gasteiger charge is 2.26. The van der Waals surface area contributed by atoms with E-state index in [1.807, 2.05) is 0 Å². The molecule has 0 rings (SSSR count). The lowest BCUT2D eigenvalue weighted by atomic mass is 10.4. The second-order valence-electron chi connectivity index (χ2n) is 2.29. The van der Waals surface area contributed by atoms with Crippen molar-refractivity contribution in [3.8, 4) is 0 Å². The van der Waals surface area contributed by atoms with Gasteiger partial charge in [-0.3, -0.25) is 14.7 Å². The van der Waals surface area contributed by atoms with E-state index in [1.54, 1.807) is 6.92 Å². The third-order valence-corrected chi connectivity index (χ3v) is 2.64. The Morgan fingerprint density at radius 3 is 2.33 bits per heavy atom. The van der Waals surface area contributed by atoms with Crippen molar-refractivity contribution in [3.05, 3.63) is 0 Å². The Balaban J connectivity index is 4.02. The number of carboxylic acid groups (broad SMARTS) is 1. The van der Waals surface area contributed by atoms with Crippen LogP contribution in [0.3, 0.4) is 0 Å². The Labute approximate surface area is 69.8 Å². The maximum Gasteiger partial charge on any atom is 0.342 e. The lowest BCUT2D eigenvalue weighted by Gasteiger charge is -2.16. The van der Waals surface area contributed by atoms with Crippen LogP contribution in [-0.2, 0) is 9.36 Å². The summed E-state index contributed by atoms with van der Waals surface area (Å²) in [5, 5.41) is 10.5. The summed E-state index contributed by atoms with van der Waals surface area (Å²) in [7, 11) is -4.21. The quantitative estimate of drug-likeness (QED) is 0.446. The van der Waals surface area contributed by atoms with Crippen LogP contribution < -0.4 is 5.32 Å². The Morgan fingerprint density at radius 1 is 1.58 bits per heavy atom. The van der Waals surface area contributed by atoms with E-state index in [0.717, 1.165) is 0 Å². The molecule has 0 aromatic rings. The molecule has 0 spiro atoms. The summed E-state index contributed by atoms with van der Waals surface area (Å²) in [6.07, 6.45) is 0.192. The Bertz CT molecular complexity index is 200. The molecule has 0 amide bonds. The van der Waals surface area contributed by atoms with Crippen LogP contribution in [-0.4, -0.2) is 33.2 Å². The van der Waals surface area contributed by atoms with E-state index in [-0.39, 0.29) is 6.42 Å². The lowest BCUT2D eigenvalue weighted by molar-refractivity contribution is -0.136. The van der Waals surface area contributed by atoms with Gasteiger partial charge in [0.05, 0.1) is 6.54 Å². The summed E-state index contributed by atoms with van der Waals surface area (Å²) in [6.45, 7) is 1.13. The van der Waals surface area contributed by atoms with E-state index in [9.17, 15) is 9.36 Å².